The number of hydrogen-bond donors (Lipinski definition) is 0. The molecule has 2 aromatic rings. The second-order valence-electron chi connectivity index (χ2n) is 6.22. The summed E-state index contributed by atoms with van der Waals surface area (Å²) in [6.07, 6.45) is 0. The molecule has 0 N–H and O–H groups in total. The van der Waals surface area contributed by atoms with Crippen LogP contribution in [-0.2, 0) is 19.5 Å². The molecule has 0 unspecified atom stereocenters. The van der Waals surface area contributed by atoms with Crippen molar-refractivity contribution in [3.8, 4) is 5.75 Å². The molecule has 0 radical (unpaired) electrons. The highest BCUT2D eigenvalue weighted by Crippen LogP contribution is 2.27. The van der Waals surface area contributed by atoms with Gasteiger partial charge in [-0.15, -0.1) is 0 Å². The van der Waals surface area contributed by atoms with E-state index in [-0.39, 0.29) is 44.4 Å². The van der Waals surface area contributed by atoms with Crippen LogP contribution in [0, 0.1) is 5.82 Å². The van der Waals surface area contributed by atoms with E-state index in [0.29, 0.717) is 15.8 Å². The van der Waals surface area contributed by atoms with Crippen LogP contribution in [0.5, 0.6) is 5.75 Å². The van der Waals surface area contributed by atoms with Crippen LogP contribution in [0.1, 0.15) is 10.4 Å². The largest absolute Gasteiger partial charge is 0.488 e. The van der Waals surface area contributed by atoms with Crippen LogP contribution in [0.15, 0.2) is 41.3 Å². The minimum atomic E-state index is -3.88. The number of morpholine rings is 1. The molecular weight excluding hydrogens is 460 g/mol. The first kappa shape index (κ1) is 22.8. The maximum absolute atomic E-state index is 14.1. The van der Waals surface area contributed by atoms with Crippen molar-refractivity contribution in [2.24, 2.45) is 0 Å². The Morgan fingerprint density at radius 3 is 2.53 bits per heavy atom. The predicted molar refractivity (Wildman–Crippen MR) is 108 cm³/mol. The third kappa shape index (κ3) is 5.41. The molecule has 1 saturated heterocycles. The first-order chi connectivity index (χ1) is 14.3. The summed E-state index contributed by atoms with van der Waals surface area (Å²) in [5.41, 5.74) is -0.478. The highest BCUT2D eigenvalue weighted by atomic mass is 35.5. The summed E-state index contributed by atoms with van der Waals surface area (Å²) in [6.45, 7) is 0.673. The predicted octanol–water partition coefficient (Wildman–Crippen LogP) is 3.39. The molecule has 0 amide bonds. The maximum Gasteiger partial charge on any atom is 0.341 e. The lowest BCUT2D eigenvalue weighted by molar-refractivity contribution is 0.0445. The van der Waals surface area contributed by atoms with Gasteiger partial charge in [-0.25, -0.2) is 17.6 Å². The monoisotopic (exact) mass is 477 g/mol. The van der Waals surface area contributed by atoms with Gasteiger partial charge in [-0.1, -0.05) is 23.2 Å². The van der Waals surface area contributed by atoms with Crippen molar-refractivity contribution < 1.29 is 31.8 Å². The third-order valence-electron chi connectivity index (χ3n) is 4.23. The quantitative estimate of drug-likeness (QED) is 0.449. The van der Waals surface area contributed by atoms with Crippen molar-refractivity contribution in [1.82, 2.24) is 4.31 Å². The maximum atomic E-state index is 14.1. The average molecular weight is 478 g/mol. The van der Waals surface area contributed by atoms with Crippen molar-refractivity contribution in [2.75, 3.05) is 39.5 Å². The smallest absolute Gasteiger partial charge is 0.341 e. The molecule has 0 spiro atoms. The minimum Gasteiger partial charge on any atom is -0.488 e. The molecule has 1 aliphatic heterocycles. The first-order valence-corrected chi connectivity index (χ1v) is 11.1. The van der Waals surface area contributed by atoms with Crippen LogP contribution in [0.4, 0.5) is 4.39 Å². The summed E-state index contributed by atoms with van der Waals surface area (Å²) >= 11 is 11.8. The molecule has 3 rings (SSSR count). The number of carbonyl (C=O) groups excluding carboxylic acids is 1. The van der Waals surface area contributed by atoms with E-state index in [1.54, 1.807) is 12.1 Å². The van der Waals surface area contributed by atoms with E-state index < -0.39 is 27.4 Å². The Morgan fingerprint density at radius 1 is 1.10 bits per heavy atom. The highest BCUT2D eigenvalue weighted by molar-refractivity contribution is 7.89. The topological polar surface area (TPSA) is 82.1 Å². The SMILES string of the molecule is O=C(OCCOc1ccc(Cl)cc1Cl)c1cc(S(=O)(=O)N2CCOCC2)ccc1F. The standard InChI is InChI=1S/C19H18Cl2FNO6S/c20-13-1-4-18(16(21)11-13)28-9-10-29-19(24)15-12-14(2-3-17(15)22)30(25,26)23-5-7-27-8-6-23/h1-4,11-12H,5-10H2. The van der Waals surface area contributed by atoms with Crippen molar-refractivity contribution >= 4 is 39.2 Å². The Morgan fingerprint density at radius 2 is 1.83 bits per heavy atom. The van der Waals surface area contributed by atoms with E-state index >= 15 is 0 Å². The first-order valence-electron chi connectivity index (χ1n) is 8.91. The van der Waals surface area contributed by atoms with Crippen LogP contribution in [-0.4, -0.2) is 58.2 Å². The second kappa shape index (κ2) is 9.93. The van der Waals surface area contributed by atoms with Gasteiger partial charge < -0.3 is 14.2 Å². The van der Waals surface area contributed by atoms with E-state index in [0.717, 1.165) is 18.2 Å². The second-order valence-corrected chi connectivity index (χ2v) is 9.00. The van der Waals surface area contributed by atoms with Gasteiger partial charge >= 0.3 is 5.97 Å². The number of carbonyl (C=O) groups is 1. The lowest BCUT2D eigenvalue weighted by Crippen LogP contribution is -2.40. The fourth-order valence-corrected chi connectivity index (χ4v) is 4.61. The number of sulfonamides is 1. The molecule has 0 saturated carbocycles. The Kier molecular flexibility index (Phi) is 7.54. The number of esters is 1. The molecule has 162 valence electrons. The zero-order valence-electron chi connectivity index (χ0n) is 15.6. The normalized spacial score (nSPS) is 15.0. The number of hydrogen-bond acceptors (Lipinski definition) is 6. The number of nitrogens with zero attached hydrogens (tertiary/aromatic N) is 1. The summed E-state index contributed by atoms with van der Waals surface area (Å²) in [7, 11) is -3.88. The van der Waals surface area contributed by atoms with Crippen LogP contribution in [0.2, 0.25) is 10.0 Å². The molecule has 11 heteroatoms. The van der Waals surface area contributed by atoms with E-state index in [2.05, 4.69) is 0 Å². The van der Waals surface area contributed by atoms with Crippen LogP contribution < -0.4 is 4.74 Å². The van der Waals surface area contributed by atoms with Crippen LogP contribution >= 0.6 is 23.2 Å². The molecule has 30 heavy (non-hydrogen) atoms. The summed E-state index contributed by atoms with van der Waals surface area (Å²) < 4.78 is 56.3. The fraction of sp³-hybridized carbons (Fsp3) is 0.316. The van der Waals surface area contributed by atoms with E-state index in [9.17, 15) is 17.6 Å². The zero-order valence-corrected chi connectivity index (χ0v) is 18.0. The Bertz CT molecular complexity index is 1030. The van der Waals surface area contributed by atoms with Crippen molar-refractivity contribution in [3.05, 3.63) is 57.8 Å². The molecule has 1 heterocycles. The van der Waals surface area contributed by atoms with Crippen LogP contribution in [0.3, 0.4) is 0 Å². The van der Waals surface area contributed by atoms with Gasteiger partial charge in [-0.05, 0) is 36.4 Å². The molecule has 0 atom stereocenters. The summed E-state index contributed by atoms with van der Waals surface area (Å²) in [4.78, 5) is 12.1. The molecule has 0 aromatic heterocycles. The Hall–Kier alpha value is -1.91. The third-order valence-corrected chi connectivity index (χ3v) is 6.66. The molecule has 1 fully saturated rings. The lowest BCUT2D eigenvalue weighted by Gasteiger charge is -2.26. The minimum absolute atomic E-state index is 0.0412. The summed E-state index contributed by atoms with van der Waals surface area (Å²) in [5.74, 6) is -1.54. The van der Waals surface area contributed by atoms with Gasteiger partial charge in [-0.2, -0.15) is 4.31 Å². The lowest BCUT2D eigenvalue weighted by atomic mass is 10.2. The van der Waals surface area contributed by atoms with Gasteiger partial charge in [-0.3, -0.25) is 0 Å². The Balaban J connectivity index is 1.63. The van der Waals surface area contributed by atoms with Gasteiger partial charge in [0.2, 0.25) is 10.0 Å². The van der Waals surface area contributed by atoms with Crippen molar-refractivity contribution in [2.45, 2.75) is 4.90 Å². The number of benzene rings is 2. The van der Waals surface area contributed by atoms with Gasteiger partial charge in [0.15, 0.2) is 0 Å². The zero-order chi connectivity index (χ0) is 21.7. The highest BCUT2D eigenvalue weighted by Gasteiger charge is 2.28. The molecule has 7 nitrogen and oxygen atoms in total. The Labute approximate surface area is 183 Å². The van der Waals surface area contributed by atoms with Crippen molar-refractivity contribution in [3.63, 3.8) is 0 Å². The summed E-state index contributed by atoms with van der Waals surface area (Å²) in [5, 5.41) is 0.738. The molecule has 0 bridgehead atoms. The van der Waals surface area contributed by atoms with E-state index in [4.69, 9.17) is 37.4 Å². The van der Waals surface area contributed by atoms with Gasteiger partial charge in [0.25, 0.3) is 0 Å². The molecular formula is C19H18Cl2FNO6S. The van der Waals surface area contributed by atoms with E-state index in [1.165, 1.54) is 10.4 Å². The number of rotatable bonds is 7. The van der Waals surface area contributed by atoms with Gasteiger partial charge in [0.05, 0.1) is 28.7 Å². The molecule has 2 aromatic carbocycles. The van der Waals surface area contributed by atoms with Crippen molar-refractivity contribution in [1.29, 1.82) is 0 Å². The number of ether oxygens (including phenoxy) is 3. The molecule has 0 aliphatic carbocycles. The summed E-state index contributed by atoms with van der Waals surface area (Å²) in [6, 6.07) is 7.66. The van der Waals surface area contributed by atoms with E-state index in [1.807, 2.05) is 0 Å². The van der Waals surface area contributed by atoms with Gasteiger partial charge in [0.1, 0.15) is 24.8 Å². The fourth-order valence-electron chi connectivity index (χ4n) is 2.71. The van der Waals surface area contributed by atoms with Gasteiger partial charge in [0, 0.05) is 18.1 Å². The van der Waals surface area contributed by atoms with Crippen LogP contribution in [0.25, 0.3) is 0 Å². The average Bonchev–Trinajstić information content (AvgIpc) is 2.73. The number of halogens is 3. The molecule has 1 aliphatic rings.